The summed E-state index contributed by atoms with van der Waals surface area (Å²) in [6.45, 7) is -0.375. The van der Waals surface area contributed by atoms with Crippen molar-refractivity contribution in [1.82, 2.24) is 0 Å². The highest BCUT2D eigenvalue weighted by Crippen LogP contribution is 2.25. The molecule has 9 nitrogen and oxygen atoms in total. The van der Waals surface area contributed by atoms with Gasteiger partial charge in [-0.3, -0.25) is 0 Å². The lowest BCUT2D eigenvalue weighted by molar-refractivity contribution is -0.166. The molecule has 0 saturated carbocycles. The lowest BCUT2D eigenvalue weighted by Crippen LogP contribution is -2.46. The van der Waals surface area contributed by atoms with E-state index in [0.717, 1.165) is 11.1 Å². The Morgan fingerprint density at radius 3 is 2.29 bits per heavy atom. The van der Waals surface area contributed by atoms with E-state index in [1.165, 1.54) is 0 Å². The van der Waals surface area contributed by atoms with Crippen molar-refractivity contribution in [3.8, 4) is 16.9 Å². The van der Waals surface area contributed by atoms with E-state index in [0.29, 0.717) is 5.69 Å². The summed E-state index contributed by atoms with van der Waals surface area (Å²) in [7, 11) is 0. The Kier molecular flexibility index (Phi) is 7.73. The third kappa shape index (κ3) is 5.91. The lowest BCUT2D eigenvalue weighted by Gasteiger charge is -2.26. The van der Waals surface area contributed by atoms with Crippen LogP contribution in [0.15, 0.2) is 48.5 Å². The van der Waals surface area contributed by atoms with Crippen LogP contribution in [0.3, 0.4) is 0 Å². The molecule has 4 atom stereocenters. The minimum Gasteiger partial charge on any atom is -0.462 e. The van der Waals surface area contributed by atoms with E-state index < -0.39 is 30.6 Å². The standard InChI is InChI=1S/C19H24N2O7/c20-19(27)21-13-3-1-2-12(10-13)11-4-6-14(7-5-11)28-18(26)17(25)16(24)15(23)8-9-22/h1-7,10,15-18,22-26H,8-9H2,(H3,20,21,27). The number of rotatable bonds is 9. The molecule has 0 radical (unpaired) electrons. The van der Waals surface area contributed by atoms with Gasteiger partial charge >= 0.3 is 6.03 Å². The maximum atomic E-state index is 10.9. The number of nitrogens with two attached hydrogens (primary N) is 1. The van der Waals surface area contributed by atoms with Gasteiger partial charge in [-0.25, -0.2) is 4.79 Å². The Hall–Kier alpha value is -2.69. The van der Waals surface area contributed by atoms with Crippen molar-refractivity contribution in [1.29, 1.82) is 0 Å². The van der Waals surface area contributed by atoms with Crippen molar-refractivity contribution >= 4 is 11.7 Å². The number of hydrogen-bond donors (Lipinski definition) is 7. The number of amides is 2. The van der Waals surface area contributed by atoms with Crippen LogP contribution in [-0.2, 0) is 0 Å². The number of aliphatic hydroxyl groups is 5. The lowest BCUT2D eigenvalue weighted by atomic mass is 10.0. The third-order valence-corrected chi connectivity index (χ3v) is 4.04. The van der Waals surface area contributed by atoms with Gasteiger partial charge in [0.15, 0.2) is 0 Å². The predicted octanol–water partition coefficient (Wildman–Crippen LogP) is 0.00650. The highest BCUT2D eigenvalue weighted by atomic mass is 16.6. The zero-order chi connectivity index (χ0) is 20.7. The molecule has 0 aliphatic heterocycles. The molecule has 2 rings (SSSR count). The molecule has 0 saturated heterocycles. The zero-order valence-electron chi connectivity index (χ0n) is 15.0. The molecule has 9 heteroatoms. The fourth-order valence-electron chi connectivity index (χ4n) is 2.55. The molecular weight excluding hydrogens is 368 g/mol. The van der Waals surface area contributed by atoms with Crippen LogP contribution in [0.1, 0.15) is 6.42 Å². The molecule has 0 aliphatic rings. The SMILES string of the molecule is NC(=O)Nc1cccc(-c2ccc(OC(O)C(O)C(O)C(O)CCO)cc2)c1. The van der Waals surface area contributed by atoms with Crippen LogP contribution in [0.25, 0.3) is 11.1 Å². The van der Waals surface area contributed by atoms with E-state index in [1.807, 2.05) is 6.07 Å². The molecule has 8 N–H and O–H groups in total. The van der Waals surface area contributed by atoms with E-state index in [9.17, 15) is 25.2 Å². The summed E-state index contributed by atoms with van der Waals surface area (Å²) < 4.78 is 5.19. The largest absolute Gasteiger partial charge is 0.462 e. The smallest absolute Gasteiger partial charge is 0.316 e. The Morgan fingerprint density at radius 1 is 1.00 bits per heavy atom. The van der Waals surface area contributed by atoms with Crippen LogP contribution in [0.2, 0.25) is 0 Å². The molecule has 0 fully saturated rings. The second kappa shape index (κ2) is 10.0. The topological polar surface area (TPSA) is 166 Å². The summed E-state index contributed by atoms with van der Waals surface area (Å²) in [5, 5.41) is 50.3. The van der Waals surface area contributed by atoms with Crippen LogP contribution < -0.4 is 15.8 Å². The van der Waals surface area contributed by atoms with E-state index in [4.69, 9.17) is 15.6 Å². The van der Waals surface area contributed by atoms with Gasteiger partial charge in [0.2, 0.25) is 6.29 Å². The second-order valence-electron chi connectivity index (χ2n) is 6.16. The number of benzene rings is 2. The molecule has 4 unspecified atom stereocenters. The molecule has 2 amide bonds. The predicted molar refractivity (Wildman–Crippen MR) is 101 cm³/mol. The third-order valence-electron chi connectivity index (χ3n) is 4.04. The van der Waals surface area contributed by atoms with E-state index in [-0.39, 0.29) is 18.8 Å². The molecule has 2 aromatic carbocycles. The number of carbonyl (C=O) groups excluding carboxylic acids is 1. The number of aliphatic hydroxyl groups excluding tert-OH is 5. The second-order valence-corrected chi connectivity index (χ2v) is 6.16. The van der Waals surface area contributed by atoms with Crippen LogP contribution in [0.4, 0.5) is 10.5 Å². The van der Waals surface area contributed by atoms with E-state index in [2.05, 4.69) is 5.32 Å². The van der Waals surface area contributed by atoms with Gasteiger partial charge in [-0.05, 0) is 41.8 Å². The van der Waals surface area contributed by atoms with Gasteiger partial charge in [0.05, 0.1) is 6.10 Å². The highest BCUT2D eigenvalue weighted by Gasteiger charge is 2.31. The van der Waals surface area contributed by atoms with Crippen molar-refractivity contribution in [2.45, 2.75) is 31.0 Å². The van der Waals surface area contributed by atoms with Crippen LogP contribution in [-0.4, -0.2) is 62.8 Å². The van der Waals surface area contributed by atoms with Crippen LogP contribution in [0, 0.1) is 0 Å². The zero-order valence-corrected chi connectivity index (χ0v) is 15.0. The number of urea groups is 1. The fourth-order valence-corrected chi connectivity index (χ4v) is 2.55. The molecule has 28 heavy (non-hydrogen) atoms. The molecule has 152 valence electrons. The Bertz CT molecular complexity index is 769. The first-order valence-electron chi connectivity index (χ1n) is 8.58. The number of nitrogens with one attached hydrogen (secondary N) is 1. The quantitative estimate of drug-likeness (QED) is 0.295. The monoisotopic (exact) mass is 392 g/mol. The molecule has 0 aliphatic carbocycles. The normalized spacial score (nSPS) is 15.3. The maximum absolute atomic E-state index is 10.9. The number of primary amides is 1. The maximum Gasteiger partial charge on any atom is 0.316 e. The fraction of sp³-hybridized carbons (Fsp3) is 0.316. The van der Waals surface area contributed by atoms with Crippen molar-refractivity contribution < 1.29 is 35.1 Å². The Balaban J connectivity index is 2.03. The average Bonchev–Trinajstić information content (AvgIpc) is 2.67. The minimum absolute atomic E-state index is 0.149. The number of ether oxygens (including phenoxy) is 1. The van der Waals surface area contributed by atoms with Crippen molar-refractivity contribution in [3.63, 3.8) is 0 Å². The van der Waals surface area contributed by atoms with Crippen molar-refractivity contribution in [2.24, 2.45) is 5.73 Å². The first kappa shape index (κ1) is 21.6. The van der Waals surface area contributed by atoms with Gasteiger partial charge in [0.1, 0.15) is 18.0 Å². The van der Waals surface area contributed by atoms with Crippen molar-refractivity contribution in [3.05, 3.63) is 48.5 Å². The van der Waals surface area contributed by atoms with E-state index >= 15 is 0 Å². The molecule has 0 spiro atoms. The van der Waals surface area contributed by atoms with Crippen LogP contribution in [0.5, 0.6) is 5.75 Å². The molecular formula is C19H24N2O7. The van der Waals surface area contributed by atoms with Crippen molar-refractivity contribution in [2.75, 3.05) is 11.9 Å². The molecule has 2 aromatic rings. The Labute approximate surface area is 161 Å². The van der Waals surface area contributed by atoms with Crippen LogP contribution >= 0.6 is 0 Å². The minimum atomic E-state index is -1.78. The number of hydrogen-bond acceptors (Lipinski definition) is 7. The van der Waals surface area contributed by atoms with Gasteiger partial charge < -0.3 is 41.3 Å². The average molecular weight is 392 g/mol. The highest BCUT2D eigenvalue weighted by molar-refractivity contribution is 5.88. The summed E-state index contributed by atoms with van der Waals surface area (Å²) in [6, 6.07) is 12.9. The molecule has 0 bridgehead atoms. The van der Waals surface area contributed by atoms with Gasteiger partial charge in [0, 0.05) is 12.3 Å². The van der Waals surface area contributed by atoms with Gasteiger partial charge in [-0.1, -0.05) is 24.3 Å². The number of anilines is 1. The van der Waals surface area contributed by atoms with E-state index in [1.54, 1.807) is 42.5 Å². The summed E-state index contributed by atoms with van der Waals surface area (Å²) >= 11 is 0. The summed E-state index contributed by atoms with van der Waals surface area (Å²) in [4.78, 5) is 10.9. The summed E-state index contributed by atoms with van der Waals surface area (Å²) in [6.07, 6.45) is -6.78. The summed E-state index contributed by atoms with van der Waals surface area (Å²) in [5.74, 6) is 0.227. The first-order chi connectivity index (χ1) is 13.3. The Morgan fingerprint density at radius 2 is 1.68 bits per heavy atom. The van der Waals surface area contributed by atoms with Gasteiger partial charge in [-0.15, -0.1) is 0 Å². The van der Waals surface area contributed by atoms with Gasteiger partial charge in [-0.2, -0.15) is 0 Å². The number of carbonyl (C=O) groups is 1. The summed E-state index contributed by atoms with van der Waals surface area (Å²) in [5.41, 5.74) is 7.25. The first-order valence-corrected chi connectivity index (χ1v) is 8.58. The molecule has 0 aromatic heterocycles. The van der Waals surface area contributed by atoms with Gasteiger partial charge in [0.25, 0.3) is 0 Å². The molecule has 0 heterocycles.